The topological polar surface area (TPSA) is 90.2 Å². The van der Waals surface area contributed by atoms with Crippen molar-refractivity contribution in [3.05, 3.63) is 62.3 Å². The highest BCUT2D eigenvalue weighted by molar-refractivity contribution is 6.34. The highest BCUT2D eigenvalue weighted by Gasteiger charge is 2.13. The van der Waals surface area contributed by atoms with Crippen molar-refractivity contribution >= 4 is 45.5 Å². The largest absolute Gasteiger partial charge is 0.495 e. The van der Waals surface area contributed by atoms with E-state index >= 15 is 0 Å². The summed E-state index contributed by atoms with van der Waals surface area (Å²) in [7, 11) is 1.55. The quantitative estimate of drug-likeness (QED) is 0.520. The second-order valence-electron chi connectivity index (χ2n) is 5.15. The van der Waals surface area contributed by atoms with Gasteiger partial charge in [-0.1, -0.05) is 29.3 Å². The minimum atomic E-state index is -0.483. The molecule has 0 radical (unpaired) electrons. The lowest BCUT2D eigenvalue weighted by Gasteiger charge is -2.10. The van der Waals surface area contributed by atoms with Crippen molar-refractivity contribution in [1.29, 1.82) is 0 Å². The molecule has 0 unspecified atom stereocenters. The van der Waals surface area contributed by atoms with E-state index in [0.29, 0.717) is 33.9 Å². The van der Waals surface area contributed by atoms with Crippen molar-refractivity contribution in [2.24, 2.45) is 0 Å². The minimum absolute atomic E-state index is 0.0599. The molecule has 3 aromatic rings. The first kappa shape index (κ1) is 17.2. The molecule has 0 spiro atoms. The van der Waals surface area contributed by atoms with Crippen molar-refractivity contribution in [2.75, 3.05) is 12.4 Å². The van der Waals surface area contributed by atoms with E-state index in [0.717, 1.165) is 5.56 Å². The number of nitrogens with one attached hydrogen (secondary N) is 1. The molecular formula is C16H12Cl2N4O3. The second-order valence-corrected chi connectivity index (χ2v) is 5.91. The number of rotatable bonds is 5. The number of anilines is 1. The SMILES string of the molecule is COc1ccc(CNc2nnc(Cl)c3cc([N+](=O)[O-])ccc23)cc1Cl. The Morgan fingerprint density at radius 3 is 2.64 bits per heavy atom. The predicted octanol–water partition coefficient (Wildman–Crippen LogP) is 4.47. The number of non-ortho nitro benzene ring substituents is 1. The Balaban J connectivity index is 1.90. The van der Waals surface area contributed by atoms with Crippen LogP contribution in [0.15, 0.2) is 36.4 Å². The van der Waals surface area contributed by atoms with Gasteiger partial charge in [0.2, 0.25) is 0 Å². The number of hydrogen-bond acceptors (Lipinski definition) is 6. The van der Waals surface area contributed by atoms with Crippen molar-refractivity contribution in [1.82, 2.24) is 10.2 Å². The molecule has 0 amide bonds. The van der Waals surface area contributed by atoms with E-state index in [1.807, 2.05) is 6.07 Å². The molecule has 0 aliphatic carbocycles. The van der Waals surface area contributed by atoms with Gasteiger partial charge in [0, 0.05) is 29.4 Å². The molecular weight excluding hydrogens is 367 g/mol. The maximum Gasteiger partial charge on any atom is 0.270 e. The summed E-state index contributed by atoms with van der Waals surface area (Å²) in [6.45, 7) is 0.437. The summed E-state index contributed by atoms with van der Waals surface area (Å²) in [4.78, 5) is 10.4. The van der Waals surface area contributed by atoms with Gasteiger partial charge in [-0.05, 0) is 23.8 Å². The van der Waals surface area contributed by atoms with E-state index in [9.17, 15) is 10.1 Å². The van der Waals surface area contributed by atoms with E-state index in [-0.39, 0.29) is 10.8 Å². The summed E-state index contributed by atoms with van der Waals surface area (Å²) in [6.07, 6.45) is 0. The fourth-order valence-corrected chi connectivity index (χ4v) is 2.84. The Kier molecular flexibility index (Phi) is 4.87. The third-order valence-corrected chi connectivity index (χ3v) is 4.18. The van der Waals surface area contributed by atoms with E-state index in [2.05, 4.69) is 15.5 Å². The van der Waals surface area contributed by atoms with Gasteiger partial charge < -0.3 is 10.1 Å². The van der Waals surface area contributed by atoms with Crippen LogP contribution in [0.1, 0.15) is 5.56 Å². The average molecular weight is 379 g/mol. The van der Waals surface area contributed by atoms with Gasteiger partial charge in [0.1, 0.15) is 5.75 Å². The number of methoxy groups -OCH3 is 1. The van der Waals surface area contributed by atoms with Crippen LogP contribution in [0, 0.1) is 10.1 Å². The average Bonchev–Trinajstić information content (AvgIpc) is 2.61. The Morgan fingerprint density at radius 1 is 1.16 bits per heavy atom. The van der Waals surface area contributed by atoms with Gasteiger partial charge in [0.05, 0.1) is 17.1 Å². The first-order valence-corrected chi connectivity index (χ1v) is 7.92. The normalized spacial score (nSPS) is 10.7. The molecule has 0 aliphatic heterocycles. The van der Waals surface area contributed by atoms with Crippen molar-refractivity contribution in [3.8, 4) is 5.75 Å². The molecule has 9 heteroatoms. The molecule has 0 saturated heterocycles. The first-order valence-electron chi connectivity index (χ1n) is 7.16. The second kappa shape index (κ2) is 7.08. The number of nitro groups is 1. The zero-order valence-corrected chi connectivity index (χ0v) is 14.5. The maximum atomic E-state index is 10.9. The summed E-state index contributed by atoms with van der Waals surface area (Å²) in [5.74, 6) is 1.07. The predicted molar refractivity (Wildman–Crippen MR) is 96.5 cm³/mol. The minimum Gasteiger partial charge on any atom is -0.495 e. The van der Waals surface area contributed by atoms with Gasteiger partial charge in [-0.25, -0.2) is 0 Å². The molecule has 1 heterocycles. The van der Waals surface area contributed by atoms with Crippen molar-refractivity contribution in [2.45, 2.75) is 6.54 Å². The Bertz CT molecular complexity index is 966. The summed E-state index contributed by atoms with van der Waals surface area (Å²) < 4.78 is 5.12. The molecule has 25 heavy (non-hydrogen) atoms. The van der Waals surface area contributed by atoms with Gasteiger partial charge in [0.15, 0.2) is 11.0 Å². The monoisotopic (exact) mass is 378 g/mol. The van der Waals surface area contributed by atoms with Gasteiger partial charge in [-0.15, -0.1) is 10.2 Å². The van der Waals surface area contributed by atoms with Crippen LogP contribution < -0.4 is 10.1 Å². The Labute approximate surface area is 152 Å². The van der Waals surface area contributed by atoms with Gasteiger partial charge >= 0.3 is 0 Å². The fourth-order valence-electron chi connectivity index (χ4n) is 2.36. The molecule has 0 atom stereocenters. The molecule has 2 aromatic carbocycles. The third-order valence-electron chi connectivity index (χ3n) is 3.61. The first-order chi connectivity index (χ1) is 12.0. The number of aromatic nitrogens is 2. The summed E-state index contributed by atoms with van der Waals surface area (Å²) >= 11 is 12.1. The summed E-state index contributed by atoms with van der Waals surface area (Å²) in [5.41, 5.74) is 0.855. The highest BCUT2D eigenvalue weighted by atomic mass is 35.5. The van der Waals surface area contributed by atoms with Crippen LogP contribution in [0.5, 0.6) is 5.75 Å². The van der Waals surface area contributed by atoms with E-state index in [1.165, 1.54) is 12.1 Å². The van der Waals surface area contributed by atoms with E-state index in [1.54, 1.807) is 25.3 Å². The number of fused-ring (bicyclic) bond motifs is 1. The summed E-state index contributed by atoms with van der Waals surface area (Å²) in [5, 5.41) is 23.7. The van der Waals surface area contributed by atoms with Crippen molar-refractivity contribution < 1.29 is 9.66 Å². The van der Waals surface area contributed by atoms with Crippen LogP contribution in [0.3, 0.4) is 0 Å². The van der Waals surface area contributed by atoms with Crippen molar-refractivity contribution in [3.63, 3.8) is 0 Å². The Hall–Kier alpha value is -2.64. The van der Waals surface area contributed by atoms with Crippen LogP contribution in [0.25, 0.3) is 10.8 Å². The van der Waals surface area contributed by atoms with Gasteiger partial charge in [0.25, 0.3) is 5.69 Å². The smallest absolute Gasteiger partial charge is 0.270 e. The molecule has 1 N–H and O–H groups in total. The van der Waals surface area contributed by atoms with Gasteiger partial charge in [-0.3, -0.25) is 10.1 Å². The number of nitrogens with zero attached hydrogens (tertiary/aromatic N) is 3. The molecule has 0 bridgehead atoms. The molecule has 1 aromatic heterocycles. The lowest BCUT2D eigenvalue weighted by molar-refractivity contribution is -0.384. The number of ether oxygens (including phenoxy) is 1. The zero-order valence-electron chi connectivity index (χ0n) is 13.0. The number of hydrogen-bond donors (Lipinski definition) is 1. The number of nitro benzene ring substituents is 1. The molecule has 0 saturated carbocycles. The molecule has 128 valence electrons. The lowest BCUT2D eigenvalue weighted by Crippen LogP contribution is -2.04. The maximum absolute atomic E-state index is 10.9. The fraction of sp³-hybridized carbons (Fsp3) is 0.125. The van der Waals surface area contributed by atoms with Crippen LogP contribution >= 0.6 is 23.2 Å². The van der Waals surface area contributed by atoms with Crippen LogP contribution in [0.4, 0.5) is 11.5 Å². The molecule has 0 fully saturated rings. The Morgan fingerprint density at radius 2 is 1.96 bits per heavy atom. The molecule has 3 rings (SSSR count). The van der Waals surface area contributed by atoms with Crippen LogP contribution in [-0.4, -0.2) is 22.2 Å². The van der Waals surface area contributed by atoms with E-state index < -0.39 is 4.92 Å². The standard InChI is InChI=1S/C16H12Cl2N4O3/c1-25-14-5-2-9(6-13(14)17)8-19-16-11-4-3-10(22(23)24)7-12(11)15(18)20-21-16/h2-7H,8H2,1H3,(H,19,21). The molecule has 7 nitrogen and oxygen atoms in total. The highest BCUT2D eigenvalue weighted by Crippen LogP contribution is 2.30. The molecule has 0 aliphatic rings. The summed E-state index contributed by atoms with van der Waals surface area (Å²) in [6, 6.07) is 9.79. The lowest BCUT2D eigenvalue weighted by atomic mass is 10.1. The van der Waals surface area contributed by atoms with Crippen LogP contribution in [0.2, 0.25) is 10.2 Å². The van der Waals surface area contributed by atoms with E-state index in [4.69, 9.17) is 27.9 Å². The number of benzene rings is 2. The number of halogens is 2. The van der Waals surface area contributed by atoms with Crippen LogP contribution in [-0.2, 0) is 6.54 Å². The van der Waals surface area contributed by atoms with Gasteiger partial charge in [-0.2, -0.15) is 0 Å². The zero-order chi connectivity index (χ0) is 18.0. The third kappa shape index (κ3) is 3.57.